The van der Waals surface area contributed by atoms with Gasteiger partial charge in [-0.3, -0.25) is 15.4 Å². The largest absolute Gasteiger partial charge is 0.478 e. The molecule has 150 valence electrons. The number of nitrogens with one attached hydrogen (secondary N) is 1. The second-order valence-electron chi connectivity index (χ2n) is 6.60. The van der Waals surface area contributed by atoms with E-state index < -0.39 is 28.2 Å². The Labute approximate surface area is 170 Å². The highest BCUT2D eigenvalue weighted by Gasteiger charge is 2.29. The highest BCUT2D eigenvalue weighted by molar-refractivity contribution is 5.98. The van der Waals surface area contributed by atoms with Crippen LogP contribution in [0.3, 0.4) is 0 Å². The maximum Gasteiger partial charge on any atom is 0.412 e. The van der Waals surface area contributed by atoms with Crippen molar-refractivity contribution in [3.63, 3.8) is 0 Å². The van der Waals surface area contributed by atoms with Gasteiger partial charge in [-0.2, -0.15) is 0 Å². The van der Waals surface area contributed by atoms with Crippen LogP contribution in [-0.4, -0.2) is 33.7 Å². The molecule has 9 nitrogen and oxygen atoms in total. The molecule has 0 radical (unpaired) electrons. The van der Waals surface area contributed by atoms with Crippen LogP contribution in [0.2, 0.25) is 0 Å². The van der Waals surface area contributed by atoms with Crippen LogP contribution < -0.4 is 5.32 Å². The molecule has 1 aromatic heterocycles. The molecule has 2 aromatic carbocycles. The van der Waals surface area contributed by atoms with E-state index in [1.807, 2.05) is 48.5 Å². The summed E-state index contributed by atoms with van der Waals surface area (Å²) in [6.07, 6.45) is -0.0355. The predicted molar refractivity (Wildman–Crippen MR) is 107 cm³/mol. The Balaban J connectivity index is 1.51. The molecule has 0 bridgehead atoms. The third kappa shape index (κ3) is 3.44. The van der Waals surface area contributed by atoms with Crippen molar-refractivity contribution >= 4 is 23.6 Å². The number of hydrogen-bond donors (Lipinski definition) is 2. The monoisotopic (exact) mass is 405 g/mol. The van der Waals surface area contributed by atoms with E-state index in [2.05, 4.69) is 10.3 Å². The van der Waals surface area contributed by atoms with Crippen LogP contribution >= 0.6 is 0 Å². The zero-order valence-electron chi connectivity index (χ0n) is 15.4. The Hall–Kier alpha value is -4.27. The number of rotatable bonds is 5. The molecule has 1 amide bonds. The van der Waals surface area contributed by atoms with Crippen molar-refractivity contribution in [3.8, 4) is 11.1 Å². The van der Waals surface area contributed by atoms with E-state index in [1.165, 1.54) is 0 Å². The highest BCUT2D eigenvalue weighted by Crippen LogP contribution is 2.44. The normalized spacial score (nSPS) is 12.0. The first-order chi connectivity index (χ1) is 14.5. The molecular formula is C21H15N3O6. The fraction of sp³-hybridized carbons (Fsp3) is 0.0952. The number of pyridine rings is 1. The number of amides is 1. The van der Waals surface area contributed by atoms with E-state index in [4.69, 9.17) is 4.74 Å². The second kappa shape index (κ2) is 7.63. The van der Waals surface area contributed by atoms with Crippen LogP contribution in [-0.2, 0) is 4.74 Å². The van der Waals surface area contributed by atoms with Gasteiger partial charge in [0.1, 0.15) is 24.2 Å². The van der Waals surface area contributed by atoms with Crippen LogP contribution in [0.4, 0.5) is 16.3 Å². The molecule has 0 fully saturated rings. The smallest absolute Gasteiger partial charge is 0.412 e. The highest BCUT2D eigenvalue weighted by atomic mass is 16.6. The topological polar surface area (TPSA) is 132 Å². The number of aromatic carboxylic acids is 1. The van der Waals surface area contributed by atoms with Crippen molar-refractivity contribution in [2.24, 2.45) is 0 Å². The molecule has 0 spiro atoms. The van der Waals surface area contributed by atoms with Crippen LogP contribution in [0, 0.1) is 10.1 Å². The van der Waals surface area contributed by atoms with Crippen molar-refractivity contribution in [1.29, 1.82) is 0 Å². The summed E-state index contributed by atoms with van der Waals surface area (Å²) in [4.78, 5) is 37.4. The molecule has 9 heteroatoms. The van der Waals surface area contributed by atoms with Crippen LogP contribution in [0.5, 0.6) is 0 Å². The first kappa shape index (κ1) is 19.1. The van der Waals surface area contributed by atoms with Gasteiger partial charge in [0.25, 0.3) is 5.69 Å². The van der Waals surface area contributed by atoms with Crippen molar-refractivity contribution in [3.05, 3.63) is 87.6 Å². The lowest BCUT2D eigenvalue weighted by Crippen LogP contribution is -2.20. The van der Waals surface area contributed by atoms with Crippen molar-refractivity contribution in [2.75, 3.05) is 11.9 Å². The Kier molecular flexibility index (Phi) is 4.85. The molecule has 1 aliphatic carbocycles. The summed E-state index contributed by atoms with van der Waals surface area (Å²) >= 11 is 0. The summed E-state index contributed by atoms with van der Waals surface area (Å²) in [5.41, 5.74) is 3.22. The molecule has 0 saturated heterocycles. The van der Waals surface area contributed by atoms with Gasteiger partial charge >= 0.3 is 12.1 Å². The predicted octanol–water partition coefficient (Wildman–Crippen LogP) is 4.05. The number of aromatic nitrogens is 1. The number of fused-ring (bicyclic) bond motifs is 3. The average Bonchev–Trinajstić information content (AvgIpc) is 3.06. The Morgan fingerprint density at radius 1 is 1.10 bits per heavy atom. The lowest BCUT2D eigenvalue weighted by molar-refractivity contribution is -0.385. The number of carboxylic acids is 1. The summed E-state index contributed by atoms with van der Waals surface area (Å²) < 4.78 is 5.34. The Bertz CT molecular complexity index is 1130. The van der Waals surface area contributed by atoms with E-state index in [9.17, 15) is 24.8 Å². The number of nitro groups is 1. The zero-order chi connectivity index (χ0) is 21.3. The lowest BCUT2D eigenvalue weighted by Gasteiger charge is -2.14. The Morgan fingerprint density at radius 3 is 2.27 bits per heavy atom. The van der Waals surface area contributed by atoms with Gasteiger partial charge in [-0.15, -0.1) is 0 Å². The zero-order valence-corrected chi connectivity index (χ0v) is 15.4. The van der Waals surface area contributed by atoms with Gasteiger partial charge in [-0.05, 0) is 22.3 Å². The van der Waals surface area contributed by atoms with Gasteiger partial charge in [0, 0.05) is 12.0 Å². The fourth-order valence-corrected chi connectivity index (χ4v) is 3.55. The summed E-state index contributed by atoms with van der Waals surface area (Å²) in [5.74, 6) is -1.95. The number of benzene rings is 2. The van der Waals surface area contributed by atoms with E-state index >= 15 is 0 Å². The molecule has 0 unspecified atom stereocenters. The third-order valence-electron chi connectivity index (χ3n) is 4.88. The van der Waals surface area contributed by atoms with E-state index in [-0.39, 0.29) is 18.3 Å². The van der Waals surface area contributed by atoms with Gasteiger partial charge < -0.3 is 9.84 Å². The maximum atomic E-state index is 12.3. The summed E-state index contributed by atoms with van der Waals surface area (Å²) in [7, 11) is 0. The van der Waals surface area contributed by atoms with Crippen LogP contribution in [0.25, 0.3) is 11.1 Å². The number of hydrogen-bond acceptors (Lipinski definition) is 6. The Morgan fingerprint density at radius 2 is 1.70 bits per heavy atom. The van der Waals surface area contributed by atoms with Gasteiger partial charge in [0.05, 0.1) is 4.92 Å². The summed E-state index contributed by atoms with van der Waals surface area (Å²) in [5, 5.41) is 22.3. The molecule has 3 aromatic rings. The third-order valence-corrected chi connectivity index (χ3v) is 4.88. The minimum Gasteiger partial charge on any atom is -0.478 e. The van der Waals surface area contributed by atoms with Gasteiger partial charge in [0.15, 0.2) is 0 Å². The molecule has 0 aliphatic heterocycles. The minimum absolute atomic E-state index is 0.0370. The number of nitrogens with zero attached hydrogens (tertiary/aromatic N) is 2. The number of carboxylic acid groups (broad SMARTS) is 1. The van der Waals surface area contributed by atoms with E-state index in [1.54, 1.807) is 0 Å². The van der Waals surface area contributed by atoms with Crippen LogP contribution in [0.1, 0.15) is 27.4 Å². The fourth-order valence-electron chi connectivity index (χ4n) is 3.55. The molecule has 4 rings (SSSR count). The lowest BCUT2D eigenvalue weighted by atomic mass is 9.98. The van der Waals surface area contributed by atoms with Crippen molar-refractivity contribution in [1.82, 2.24) is 4.98 Å². The minimum atomic E-state index is -1.46. The SMILES string of the molecule is O=C(Nc1ncc([N+](=O)[O-])cc1C(=O)O)OCC1c2ccccc2-c2ccccc21. The molecule has 30 heavy (non-hydrogen) atoms. The van der Waals surface area contributed by atoms with Crippen LogP contribution in [0.15, 0.2) is 60.8 Å². The number of carbonyl (C=O) groups is 2. The van der Waals surface area contributed by atoms with Gasteiger partial charge in [0.2, 0.25) is 0 Å². The summed E-state index contributed by atoms with van der Waals surface area (Å²) in [6, 6.07) is 16.5. The standard InChI is InChI=1S/C21H15N3O6/c25-20(26)17-9-12(24(28)29)10-22-19(17)23-21(27)30-11-18-15-7-3-1-5-13(15)14-6-2-4-8-16(14)18/h1-10,18H,11H2,(H,25,26)(H,22,23,27). The van der Waals surface area contributed by atoms with Gasteiger partial charge in [-0.1, -0.05) is 48.5 Å². The first-order valence-corrected chi connectivity index (χ1v) is 8.95. The first-order valence-electron chi connectivity index (χ1n) is 8.95. The number of carbonyl (C=O) groups excluding carboxylic acids is 1. The van der Waals surface area contributed by atoms with Crippen molar-refractivity contribution in [2.45, 2.75) is 5.92 Å². The molecule has 0 saturated carbocycles. The molecule has 2 N–H and O–H groups in total. The van der Waals surface area contributed by atoms with Gasteiger partial charge in [-0.25, -0.2) is 14.6 Å². The molecule has 1 heterocycles. The molecular weight excluding hydrogens is 390 g/mol. The quantitative estimate of drug-likeness (QED) is 0.483. The van der Waals surface area contributed by atoms with E-state index in [0.717, 1.165) is 34.5 Å². The number of ether oxygens (including phenoxy) is 1. The summed E-state index contributed by atoms with van der Waals surface area (Å²) in [6.45, 7) is 0.0370. The van der Waals surface area contributed by atoms with E-state index in [0.29, 0.717) is 0 Å². The second-order valence-corrected chi connectivity index (χ2v) is 6.60. The average molecular weight is 405 g/mol. The maximum absolute atomic E-state index is 12.3. The molecule has 1 aliphatic rings. The van der Waals surface area contributed by atoms with Crippen molar-refractivity contribution < 1.29 is 24.4 Å². The number of anilines is 1. The molecule has 0 atom stereocenters.